The number of amides is 1. The average Bonchev–Trinajstić information content (AvgIpc) is 2.56. The molecule has 0 bridgehead atoms. The smallest absolute Gasteiger partial charge is 0.282 e. The zero-order chi connectivity index (χ0) is 16.8. The summed E-state index contributed by atoms with van der Waals surface area (Å²) in [6.45, 7) is 2.47. The van der Waals surface area contributed by atoms with Crippen LogP contribution in [0.5, 0.6) is 0 Å². The summed E-state index contributed by atoms with van der Waals surface area (Å²) in [4.78, 5) is 13.3. The second-order valence-corrected chi connectivity index (χ2v) is 5.55. The lowest BCUT2D eigenvalue weighted by atomic mass is 10.1. The van der Waals surface area contributed by atoms with Crippen molar-refractivity contribution >= 4 is 11.6 Å². The van der Waals surface area contributed by atoms with Crippen molar-refractivity contribution < 1.29 is 14.1 Å². The van der Waals surface area contributed by atoms with Crippen molar-refractivity contribution in [2.24, 2.45) is 0 Å². The molecule has 0 aliphatic rings. The number of halogens is 1. The number of anilines is 1. The van der Waals surface area contributed by atoms with E-state index in [1.54, 1.807) is 36.4 Å². The average molecular weight is 312 g/mol. The van der Waals surface area contributed by atoms with Gasteiger partial charge < -0.3 is 10.2 Å². The molecule has 0 saturated heterocycles. The van der Waals surface area contributed by atoms with Crippen molar-refractivity contribution in [3.8, 4) is 6.07 Å². The topological polar surface area (TPSA) is 57.3 Å². The molecule has 2 N–H and O–H groups in total. The van der Waals surface area contributed by atoms with E-state index in [0.717, 1.165) is 10.5 Å². The molecule has 0 aliphatic heterocycles. The number of rotatable bonds is 5. The number of carbonyl (C=O) groups excluding carboxylic acids is 1. The van der Waals surface area contributed by atoms with Crippen molar-refractivity contribution in [1.82, 2.24) is 0 Å². The molecule has 2 rings (SSSR count). The maximum atomic E-state index is 12.9. The highest BCUT2D eigenvalue weighted by Crippen LogP contribution is 2.09. The van der Waals surface area contributed by atoms with E-state index in [-0.39, 0.29) is 17.8 Å². The summed E-state index contributed by atoms with van der Waals surface area (Å²) in [7, 11) is 1.92. The molecule has 23 heavy (non-hydrogen) atoms. The van der Waals surface area contributed by atoms with Gasteiger partial charge in [-0.2, -0.15) is 5.26 Å². The molecule has 1 unspecified atom stereocenters. The molecule has 2 aromatic rings. The number of nitrogens with one attached hydrogen (secondary N) is 2. The highest BCUT2D eigenvalue weighted by atomic mass is 19.1. The van der Waals surface area contributed by atoms with Crippen molar-refractivity contribution in [3.63, 3.8) is 0 Å². The molecular formula is C18H19FN3O+. The van der Waals surface area contributed by atoms with Gasteiger partial charge in [-0.05, 0) is 43.3 Å². The van der Waals surface area contributed by atoms with E-state index in [4.69, 9.17) is 5.26 Å². The Morgan fingerprint density at radius 3 is 2.39 bits per heavy atom. The van der Waals surface area contributed by atoms with Crippen LogP contribution < -0.4 is 10.2 Å². The molecule has 2 aromatic carbocycles. The number of hydrogen-bond donors (Lipinski definition) is 2. The number of likely N-dealkylation sites (N-methyl/N-ethyl adjacent to an activating group) is 1. The Bertz CT molecular complexity index is 705. The lowest BCUT2D eigenvalue weighted by Crippen LogP contribution is -3.12. The molecule has 1 amide bonds. The Morgan fingerprint density at radius 2 is 1.83 bits per heavy atom. The third kappa shape index (κ3) is 4.63. The highest BCUT2D eigenvalue weighted by Gasteiger charge is 2.22. The first-order chi connectivity index (χ1) is 11.0. The van der Waals surface area contributed by atoms with Crippen LogP contribution in [0.25, 0.3) is 0 Å². The van der Waals surface area contributed by atoms with Crippen LogP contribution in [0.1, 0.15) is 18.1 Å². The van der Waals surface area contributed by atoms with Gasteiger partial charge in [0.25, 0.3) is 5.91 Å². The van der Waals surface area contributed by atoms with Gasteiger partial charge in [0.05, 0.1) is 18.7 Å². The van der Waals surface area contributed by atoms with Crippen molar-refractivity contribution in [2.45, 2.75) is 19.5 Å². The Hall–Kier alpha value is -2.71. The van der Waals surface area contributed by atoms with E-state index in [2.05, 4.69) is 5.32 Å². The normalized spacial score (nSPS) is 13.0. The van der Waals surface area contributed by atoms with Gasteiger partial charge in [0.15, 0.2) is 6.04 Å². The first kappa shape index (κ1) is 16.7. The second-order valence-electron chi connectivity index (χ2n) is 5.55. The molecule has 0 heterocycles. The van der Waals surface area contributed by atoms with Gasteiger partial charge >= 0.3 is 0 Å². The van der Waals surface area contributed by atoms with E-state index in [0.29, 0.717) is 17.8 Å². The molecule has 2 atom stereocenters. The zero-order valence-electron chi connectivity index (χ0n) is 13.1. The van der Waals surface area contributed by atoms with E-state index in [1.807, 2.05) is 20.0 Å². The minimum Gasteiger partial charge on any atom is -0.324 e. The first-order valence-electron chi connectivity index (χ1n) is 7.37. The fourth-order valence-electron chi connectivity index (χ4n) is 2.18. The maximum absolute atomic E-state index is 12.9. The highest BCUT2D eigenvalue weighted by molar-refractivity contribution is 5.93. The molecule has 0 fully saturated rings. The van der Waals surface area contributed by atoms with Crippen LogP contribution in [0.15, 0.2) is 48.5 Å². The molecule has 4 nitrogen and oxygen atoms in total. The second kappa shape index (κ2) is 7.52. The number of nitrogens with zero attached hydrogens (tertiary/aromatic N) is 1. The van der Waals surface area contributed by atoms with E-state index >= 15 is 0 Å². The lowest BCUT2D eigenvalue weighted by molar-refractivity contribution is -0.907. The Kier molecular flexibility index (Phi) is 5.45. The molecule has 5 heteroatoms. The maximum Gasteiger partial charge on any atom is 0.282 e. The summed E-state index contributed by atoms with van der Waals surface area (Å²) >= 11 is 0. The van der Waals surface area contributed by atoms with E-state index in [9.17, 15) is 9.18 Å². The fraction of sp³-hybridized carbons (Fsp3) is 0.222. The van der Waals surface area contributed by atoms with Gasteiger partial charge in [0, 0.05) is 11.3 Å². The summed E-state index contributed by atoms with van der Waals surface area (Å²) in [6.07, 6.45) is 0. The van der Waals surface area contributed by atoms with Crippen LogP contribution in [-0.4, -0.2) is 19.0 Å². The first-order valence-corrected chi connectivity index (χ1v) is 7.37. The van der Waals surface area contributed by atoms with E-state index < -0.39 is 0 Å². The quantitative estimate of drug-likeness (QED) is 0.883. The summed E-state index contributed by atoms with van der Waals surface area (Å²) in [5.74, 6) is -0.368. The molecule has 0 aliphatic carbocycles. The monoisotopic (exact) mass is 312 g/mol. The largest absolute Gasteiger partial charge is 0.324 e. The summed E-state index contributed by atoms with van der Waals surface area (Å²) < 4.78 is 12.9. The van der Waals surface area contributed by atoms with Gasteiger partial charge in [-0.3, -0.25) is 4.79 Å². The summed E-state index contributed by atoms with van der Waals surface area (Å²) in [5.41, 5.74) is 2.19. The van der Waals surface area contributed by atoms with Crippen LogP contribution in [0.4, 0.5) is 10.1 Å². The number of quaternary nitrogens is 1. The van der Waals surface area contributed by atoms with Crippen LogP contribution in [-0.2, 0) is 11.3 Å². The van der Waals surface area contributed by atoms with Crippen LogP contribution in [0, 0.1) is 17.1 Å². The third-order valence-electron chi connectivity index (χ3n) is 3.81. The Balaban J connectivity index is 1.95. The number of hydrogen-bond acceptors (Lipinski definition) is 2. The molecule has 0 spiro atoms. The minimum absolute atomic E-state index is 0.102. The van der Waals surface area contributed by atoms with Crippen molar-refractivity contribution in [3.05, 3.63) is 65.5 Å². The lowest BCUT2D eigenvalue weighted by Gasteiger charge is -2.21. The SMILES string of the molecule is C[C@H](C(=O)Nc1ccc(C#N)cc1)[NH+](C)Cc1ccc(F)cc1. The summed E-state index contributed by atoms with van der Waals surface area (Å²) in [5, 5.41) is 11.6. The van der Waals surface area contributed by atoms with Crippen LogP contribution in [0.2, 0.25) is 0 Å². The standard InChI is InChI=1S/C18H18FN3O/c1-13(22(2)12-15-3-7-16(19)8-4-15)18(23)21-17-9-5-14(11-20)6-10-17/h3-10,13H,12H2,1-2H3,(H,21,23)/p+1/t13-/m1/s1. The predicted octanol–water partition coefficient (Wildman–Crippen LogP) is 1.74. The number of benzene rings is 2. The number of nitriles is 1. The molecule has 118 valence electrons. The van der Waals surface area contributed by atoms with Gasteiger partial charge in [-0.1, -0.05) is 12.1 Å². The van der Waals surface area contributed by atoms with Gasteiger partial charge in [0.2, 0.25) is 0 Å². The van der Waals surface area contributed by atoms with Crippen LogP contribution in [0.3, 0.4) is 0 Å². The third-order valence-corrected chi connectivity index (χ3v) is 3.81. The predicted molar refractivity (Wildman–Crippen MR) is 86.2 cm³/mol. The molecule has 0 saturated carbocycles. The van der Waals surface area contributed by atoms with Gasteiger partial charge in [-0.25, -0.2) is 4.39 Å². The Labute approximate surface area is 135 Å². The molecular weight excluding hydrogens is 293 g/mol. The van der Waals surface area contributed by atoms with Gasteiger partial charge in [-0.15, -0.1) is 0 Å². The van der Waals surface area contributed by atoms with Gasteiger partial charge in [0.1, 0.15) is 12.4 Å². The van der Waals surface area contributed by atoms with Crippen molar-refractivity contribution in [1.29, 1.82) is 5.26 Å². The van der Waals surface area contributed by atoms with Crippen molar-refractivity contribution in [2.75, 3.05) is 12.4 Å². The van der Waals surface area contributed by atoms with Crippen LogP contribution >= 0.6 is 0 Å². The Morgan fingerprint density at radius 1 is 1.22 bits per heavy atom. The summed E-state index contributed by atoms with van der Waals surface area (Å²) in [6, 6.07) is 14.8. The van der Waals surface area contributed by atoms with E-state index in [1.165, 1.54) is 12.1 Å². The fourth-order valence-corrected chi connectivity index (χ4v) is 2.18. The molecule has 0 radical (unpaired) electrons. The zero-order valence-corrected chi connectivity index (χ0v) is 13.1. The molecule has 0 aromatic heterocycles. The number of carbonyl (C=O) groups is 1. The minimum atomic E-state index is -0.268.